The number of hydrogen-bond donors (Lipinski definition) is 3. The summed E-state index contributed by atoms with van der Waals surface area (Å²) in [4.78, 5) is 25.7. The van der Waals surface area contributed by atoms with Crippen LogP contribution < -0.4 is 16.0 Å². The highest BCUT2D eigenvalue weighted by atomic mass is 16.2. The van der Waals surface area contributed by atoms with Crippen molar-refractivity contribution in [1.82, 2.24) is 20.9 Å². The van der Waals surface area contributed by atoms with E-state index in [0.717, 1.165) is 51.7 Å². The van der Waals surface area contributed by atoms with Crippen LogP contribution in [0.5, 0.6) is 0 Å². The number of amides is 3. The summed E-state index contributed by atoms with van der Waals surface area (Å²) in [6, 6.07) is 0.0132. The van der Waals surface area contributed by atoms with E-state index < -0.39 is 0 Å². The molecular weight excluding hydrogens is 268 g/mol. The van der Waals surface area contributed by atoms with Gasteiger partial charge in [0.1, 0.15) is 0 Å². The van der Waals surface area contributed by atoms with Crippen molar-refractivity contribution < 1.29 is 9.59 Å². The van der Waals surface area contributed by atoms with Crippen molar-refractivity contribution in [2.45, 2.75) is 52.0 Å². The highest BCUT2D eigenvalue weighted by molar-refractivity contribution is 5.95. The molecule has 0 spiro atoms. The third kappa shape index (κ3) is 7.43. The van der Waals surface area contributed by atoms with Gasteiger partial charge in [0.2, 0.25) is 5.91 Å². The molecule has 0 aromatic rings. The lowest BCUT2D eigenvalue weighted by Crippen LogP contribution is -2.51. The molecule has 122 valence electrons. The summed E-state index contributed by atoms with van der Waals surface area (Å²) >= 11 is 0. The van der Waals surface area contributed by atoms with Crippen molar-refractivity contribution in [1.29, 1.82) is 0 Å². The number of piperidine rings is 1. The van der Waals surface area contributed by atoms with Gasteiger partial charge in [0.25, 0.3) is 0 Å². The van der Waals surface area contributed by atoms with E-state index in [1.54, 1.807) is 0 Å². The summed E-state index contributed by atoms with van der Waals surface area (Å²) in [5.41, 5.74) is 0. The van der Waals surface area contributed by atoms with Crippen LogP contribution in [0.15, 0.2) is 0 Å². The summed E-state index contributed by atoms with van der Waals surface area (Å²) in [6.45, 7) is 7.95. The van der Waals surface area contributed by atoms with Crippen molar-refractivity contribution in [3.63, 3.8) is 0 Å². The van der Waals surface area contributed by atoms with E-state index in [-0.39, 0.29) is 11.9 Å². The van der Waals surface area contributed by atoms with Gasteiger partial charge in [-0.15, -0.1) is 0 Å². The molecule has 6 heteroatoms. The number of hydrogen-bond acceptors (Lipinski definition) is 4. The van der Waals surface area contributed by atoms with Crippen molar-refractivity contribution >= 4 is 11.9 Å². The molecule has 0 aliphatic carbocycles. The minimum atomic E-state index is -0.383. The fourth-order valence-corrected chi connectivity index (χ4v) is 2.60. The zero-order chi connectivity index (χ0) is 15.5. The van der Waals surface area contributed by atoms with Gasteiger partial charge in [-0.05, 0) is 38.8 Å². The molecule has 0 radical (unpaired) electrons. The molecule has 3 N–H and O–H groups in total. The Morgan fingerprint density at radius 2 is 2.10 bits per heavy atom. The molecular formula is C15H30N4O2. The van der Waals surface area contributed by atoms with Gasteiger partial charge in [0.15, 0.2) is 0 Å². The van der Waals surface area contributed by atoms with E-state index in [1.165, 1.54) is 0 Å². The lowest BCUT2D eigenvalue weighted by molar-refractivity contribution is -0.121. The molecule has 0 aromatic heterocycles. The Kier molecular flexibility index (Phi) is 9.01. The van der Waals surface area contributed by atoms with E-state index in [2.05, 4.69) is 34.7 Å². The first-order valence-electron chi connectivity index (χ1n) is 8.19. The minimum Gasteiger partial charge on any atom is -0.338 e. The number of imide groups is 1. The average Bonchev–Trinajstić information content (AvgIpc) is 2.48. The highest BCUT2D eigenvalue weighted by Crippen LogP contribution is 2.10. The van der Waals surface area contributed by atoms with E-state index in [9.17, 15) is 9.59 Å². The number of nitrogens with zero attached hydrogens (tertiary/aromatic N) is 1. The quantitative estimate of drug-likeness (QED) is 0.586. The molecule has 3 amide bonds. The summed E-state index contributed by atoms with van der Waals surface area (Å²) < 4.78 is 0. The maximum Gasteiger partial charge on any atom is 0.321 e. The van der Waals surface area contributed by atoms with E-state index in [1.807, 2.05) is 0 Å². The Morgan fingerprint density at radius 1 is 1.29 bits per heavy atom. The third-order valence-electron chi connectivity index (χ3n) is 3.71. The largest absolute Gasteiger partial charge is 0.338 e. The fourth-order valence-electron chi connectivity index (χ4n) is 2.60. The van der Waals surface area contributed by atoms with Crippen LogP contribution in [0.3, 0.4) is 0 Å². The summed E-state index contributed by atoms with van der Waals surface area (Å²) in [6.07, 6.45) is 5.21. The minimum absolute atomic E-state index is 0.219. The van der Waals surface area contributed by atoms with Gasteiger partial charge in [-0.25, -0.2) is 4.79 Å². The first-order chi connectivity index (χ1) is 10.2. The second-order valence-corrected chi connectivity index (χ2v) is 5.63. The van der Waals surface area contributed by atoms with E-state index >= 15 is 0 Å². The van der Waals surface area contributed by atoms with Crippen LogP contribution >= 0.6 is 0 Å². The van der Waals surface area contributed by atoms with Crippen LogP contribution in [0.1, 0.15) is 46.0 Å². The Bertz CT molecular complexity index is 317. The zero-order valence-corrected chi connectivity index (χ0v) is 13.4. The lowest BCUT2D eigenvalue weighted by atomic mass is 10.1. The van der Waals surface area contributed by atoms with Crippen LogP contribution in [-0.2, 0) is 4.79 Å². The second kappa shape index (κ2) is 10.6. The van der Waals surface area contributed by atoms with Gasteiger partial charge in [-0.3, -0.25) is 15.0 Å². The molecule has 21 heavy (non-hydrogen) atoms. The van der Waals surface area contributed by atoms with Gasteiger partial charge in [0, 0.05) is 19.1 Å². The van der Waals surface area contributed by atoms with Crippen LogP contribution in [0.2, 0.25) is 0 Å². The van der Waals surface area contributed by atoms with Crippen molar-refractivity contribution in [3.05, 3.63) is 0 Å². The van der Waals surface area contributed by atoms with Gasteiger partial charge >= 0.3 is 6.03 Å². The summed E-state index contributed by atoms with van der Waals surface area (Å²) in [7, 11) is 0. The maximum atomic E-state index is 12.0. The van der Waals surface area contributed by atoms with E-state index in [0.29, 0.717) is 19.1 Å². The lowest BCUT2D eigenvalue weighted by Gasteiger charge is -2.33. The van der Waals surface area contributed by atoms with Gasteiger partial charge in [-0.1, -0.05) is 20.3 Å². The number of carbonyl (C=O) groups excluding carboxylic acids is 2. The van der Waals surface area contributed by atoms with Crippen molar-refractivity contribution in [2.75, 3.05) is 32.7 Å². The molecule has 1 atom stereocenters. The van der Waals surface area contributed by atoms with Crippen LogP contribution in [-0.4, -0.2) is 55.6 Å². The Morgan fingerprint density at radius 3 is 2.71 bits per heavy atom. The molecule has 1 aliphatic rings. The number of nitrogens with one attached hydrogen (secondary N) is 3. The van der Waals surface area contributed by atoms with E-state index in [4.69, 9.17) is 0 Å². The normalized spacial score (nSPS) is 18.5. The first kappa shape index (κ1) is 17.9. The Hall–Kier alpha value is -1.14. The van der Waals surface area contributed by atoms with Gasteiger partial charge in [0.05, 0.1) is 6.54 Å². The number of urea groups is 1. The van der Waals surface area contributed by atoms with Crippen LogP contribution in [0.4, 0.5) is 4.79 Å². The number of unbranched alkanes of at least 4 members (excludes halogenated alkanes) is 1. The highest BCUT2D eigenvalue weighted by Gasteiger charge is 2.22. The SMILES string of the molecule is CCCCNC(=O)NC(=O)CN(CCC)C1CCCNC1. The molecule has 1 unspecified atom stereocenters. The second-order valence-electron chi connectivity index (χ2n) is 5.63. The molecule has 1 fully saturated rings. The molecule has 0 bridgehead atoms. The standard InChI is InChI=1S/C15H30N4O2/c1-3-5-9-17-15(21)18-14(20)12-19(10-4-2)13-7-6-8-16-11-13/h13,16H,3-12H2,1-2H3,(H2,17,18,20,21). The van der Waals surface area contributed by atoms with Crippen LogP contribution in [0, 0.1) is 0 Å². The number of rotatable bonds is 8. The summed E-state index contributed by atoms with van der Waals surface area (Å²) in [5, 5.41) is 8.48. The molecule has 1 heterocycles. The molecule has 0 aromatic carbocycles. The smallest absolute Gasteiger partial charge is 0.321 e. The molecule has 1 saturated heterocycles. The average molecular weight is 298 g/mol. The fraction of sp³-hybridized carbons (Fsp3) is 0.867. The van der Waals surface area contributed by atoms with Gasteiger partial charge in [-0.2, -0.15) is 0 Å². The molecule has 0 saturated carbocycles. The van der Waals surface area contributed by atoms with Crippen molar-refractivity contribution in [2.24, 2.45) is 0 Å². The maximum absolute atomic E-state index is 12.0. The first-order valence-corrected chi connectivity index (χ1v) is 8.19. The topological polar surface area (TPSA) is 73.5 Å². The molecule has 1 aliphatic heterocycles. The third-order valence-corrected chi connectivity index (χ3v) is 3.71. The van der Waals surface area contributed by atoms with Crippen LogP contribution in [0.25, 0.3) is 0 Å². The monoisotopic (exact) mass is 298 g/mol. The predicted molar refractivity (Wildman–Crippen MR) is 84.2 cm³/mol. The van der Waals surface area contributed by atoms with Crippen molar-refractivity contribution in [3.8, 4) is 0 Å². The summed E-state index contributed by atoms with van der Waals surface area (Å²) in [5.74, 6) is -0.219. The predicted octanol–water partition coefficient (Wildman–Crippen LogP) is 1.08. The molecule has 1 rings (SSSR count). The molecule has 6 nitrogen and oxygen atoms in total. The Balaban J connectivity index is 2.35. The van der Waals surface area contributed by atoms with Gasteiger partial charge < -0.3 is 10.6 Å². The number of carbonyl (C=O) groups is 2. The Labute approximate surface area is 128 Å². The zero-order valence-electron chi connectivity index (χ0n) is 13.4.